The van der Waals surface area contributed by atoms with Crippen LogP contribution in [0.1, 0.15) is 56.2 Å². The number of benzene rings is 2. The van der Waals surface area contributed by atoms with Gasteiger partial charge >= 0.3 is 0 Å². The van der Waals surface area contributed by atoms with Gasteiger partial charge in [-0.05, 0) is 57.2 Å². The first-order valence-electron chi connectivity index (χ1n) is 9.89. The van der Waals surface area contributed by atoms with E-state index in [0.29, 0.717) is 19.0 Å². The van der Waals surface area contributed by atoms with E-state index in [9.17, 15) is 5.11 Å². The van der Waals surface area contributed by atoms with Gasteiger partial charge in [0, 0.05) is 23.1 Å². The SMILES string of the molecule is CCCOc1ccc([C@H]2COc3c(ccc4c3CCC(C)(C)O4)C2)c(O)c1. The molecule has 4 nitrogen and oxygen atoms in total. The first-order chi connectivity index (χ1) is 13.0. The minimum atomic E-state index is -0.119. The summed E-state index contributed by atoms with van der Waals surface area (Å²) >= 11 is 0. The maximum absolute atomic E-state index is 10.5. The minimum Gasteiger partial charge on any atom is -0.508 e. The van der Waals surface area contributed by atoms with Crippen LogP contribution >= 0.6 is 0 Å². The number of phenols is 1. The van der Waals surface area contributed by atoms with E-state index in [-0.39, 0.29) is 17.3 Å². The molecule has 0 unspecified atom stereocenters. The standard InChI is InChI=1S/C23H28O4/c1-4-11-25-17-6-7-18(20(24)13-17)16-12-15-5-8-21-19(22(15)26-14-16)9-10-23(2,3)27-21/h5-8,13,16,24H,4,9-12,14H2,1-3H3/t16-/m1/s1. The van der Waals surface area contributed by atoms with Crippen molar-refractivity contribution in [1.82, 2.24) is 0 Å². The van der Waals surface area contributed by atoms with Gasteiger partial charge < -0.3 is 19.3 Å². The van der Waals surface area contributed by atoms with E-state index in [0.717, 1.165) is 42.7 Å². The molecule has 0 aromatic heterocycles. The van der Waals surface area contributed by atoms with E-state index in [4.69, 9.17) is 14.2 Å². The lowest BCUT2D eigenvalue weighted by atomic mass is 9.86. The Morgan fingerprint density at radius 3 is 2.85 bits per heavy atom. The summed E-state index contributed by atoms with van der Waals surface area (Å²) in [6, 6.07) is 9.79. The smallest absolute Gasteiger partial charge is 0.129 e. The van der Waals surface area contributed by atoms with E-state index in [1.165, 1.54) is 11.1 Å². The quantitative estimate of drug-likeness (QED) is 0.825. The van der Waals surface area contributed by atoms with Crippen LogP contribution in [0.3, 0.4) is 0 Å². The number of phenolic OH excluding ortho intramolecular Hbond substituents is 1. The number of hydrogen-bond acceptors (Lipinski definition) is 4. The van der Waals surface area contributed by atoms with Crippen LogP contribution in [0, 0.1) is 0 Å². The molecule has 2 aromatic rings. The van der Waals surface area contributed by atoms with Crippen molar-refractivity contribution in [3.8, 4) is 23.0 Å². The van der Waals surface area contributed by atoms with Crippen molar-refractivity contribution in [2.75, 3.05) is 13.2 Å². The minimum absolute atomic E-state index is 0.119. The lowest BCUT2D eigenvalue weighted by Gasteiger charge is -2.35. The summed E-state index contributed by atoms with van der Waals surface area (Å²) in [5.41, 5.74) is 3.18. The Morgan fingerprint density at radius 2 is 2.07 bits per heavy atom. The Labute approximate surface area is 161 Å². The van der Waals surface area contributed by atoms with Crippen LogP contribution in [0.2, 0.25) is 0 Å². The summed E-state index contributed by atoms with van der Waals surface area (Å²) in [5, 5.41) is 10.5. The van der Waals surface area contributed by atoms with Crippen molar-refractivity contribution in [3.05, 3.63) is 47.0 Å². The van der Waals surface area contributed by atoms with Crippen LogP contribution in [0.15, 0.2) is 30.3 Å². The molecule has 2 aliphatic heterocycles. The Bertz CT molecular complexity index is 841. The second kappa shape index (κ2) is 6.99. The Morgan fingerprint density at radius 1 is 1.22 bits per heavy atom. The van der Waals surface area contributed by atoms with Gasteiger partial charge in [-0.1, -0.05) is 19.1 Å². The summed E-state index contributed by atoms with van der Waals surface area (Å²) in [6.45, 7) is 7.54. The molecular formula is C23H28O4. The summed E-state index contributed by atoms with van der Waals surface area (Å²) in [5.74, 6) is 3.06. The molecular weight excluding hydrogens is 340 g/mol. The van der Waals surface area contributed by atoms with Gasteiger partial charge in [0.25, 0.3) is 0 Å². The highest BCUT2D eigenvalue weighted by molar-refractivity contribution is 5.54. The molecule has 4 heteroatoms. The molecule has 27 heavy (non-hydrogen) atoms. The molecule has 0 saturated heterocycles. The highest BCUT2D eigenvalue weighted by Crippen LogP contribution is 2.44. The lowest BCUT2D eigenvalue weighted by Crippen LogP contribution is -2.33. The van der Waals surface area contributed by atoms with Crippen LogP contribution in [0.25, 0.3) is 0 Å². The zero-order chi connectivity index (χ0) is 19.0. The number of rotatable bonds is 4. The molecule has 0 amide bonds. The molecule has 2 aliphatic rings. The maximum atomic E-state index is 10.5. The van der Waals surface area contributed by atoms with Crippen molar-refractivity contribution < 1.29 is 19.3 Å². The summed E-state index contributed by atoms with van der Waals surface area (Å²) in [6.07, 6.45) is 3.77. The largest absolute Gasteiger partial charge is 0.508 e. The third-order valence-electron chi connectivity index (χ3n) is 5.47. The zero-order valence-corrected chi connectivity index (χ0v) is 16.4. The maximum Gasteiger partial charge on any atom is 0.129 e. The molecule has 0 fully saturated rings. The van der Waals surface area contributed by atoms with Gasteiger partial charge in [-0.25, -0.2) is 0 Å². The molecule has 1 atom stereocenters. The summed E-state index contributed by atoms with van der Waals surface area (Å²) in [4.78, 5) is 0. The third-order valence-corrected chi connectivity index (χ3v) is 5.47. The highest BCUT2D eigenvalue weighted by Gasteiger charge is 2.32. The van der Waals surface area contributed by atoms with Gasteiger partial charge in [0.2, 0.25) is 0 Å². The zero-order valence-electron chi connectivity index (χ0n) is 16.4. The van der Waals surface area contributed by atoms with Crippen LogP contribution in [-0.2, 0) is 12.8 Å². The van der Waals surface area contributed by atoms with E-state index in [2.05, 4.69) is 32.9 Å². The van der Waals surface area contributed by atoms with Gasteiger partial charge in [-0.3, -0.25) is 0 Å². The first-order valence-corrected chi connectivity index (χ1v) is 9.89. The molecule has 2 aromatic carbocycles. The average Bonchev–Trinajstić information content (AvgIpc) is 2.65. The van der Waals surface area contributed by atoms with E-state index in [1.54, 1.807) is 6.07 Å². The van der Waals surface area contributed by atoms with Crippen LogP contribution in [-0.4, -0.2) is 23.9 Å². The second-order valence-corrected chi connectivity index (χ2v) is 8.17. The van der Waals surface area contributed by atoms with Crippen LogP contribution in [0.5, 0.6) is 23.0 Å². The average molecular weight is 368 g/mol. The number of ether oxygens (including phenoxy) is 3. The van der Waals surface area contributed by atoms with Gasteiger partial charge in [-0.2, -0.15) is 0 Å². The predicted octanol–water partition coefficient (Wildman–Crippen LogP) is 5.00. The summed E-state index contributed by atoms with van der Waals surface area (Å²) < 4.78 is 17.9. The van der Waals surface area contributed by atoms with Gasteiger partial charge in [0.05, 0.1) is 13.2 Å². The summed E-state index contributed by atoms with van der Waals surface area (Å²) in [7, 11) is 0. The van der Waals surface area contributed by atoms with E-state index >= 15 is 0 Å². The van der Waals surface area contributed by atoms with Crippen molar-refractivity contribution in [3.63, 3.8) is 0 Å². The van der Waals surface area contributed by atoms with Crippen molar-refractivity contribution in [1.29, 1.82) is 0 Å². The van der Waals surface area contributed by atoms with Gasteiger partial charge in [0.15, 0.2) is 0 Å². The fraction of sp³-hybridized carbons (Fsp3) is 0.478. The molecule has 0 bridgehead atoms. The molecule has 0 saturated carbocycles. The topological polar surface area (TPSA) is 47.9 Å². The van der Waals surface area contributed by atoms with Crippen molar-refractivity contribution >= 4 is 0 Å². The molecule has 0 aliphatic carbocycles. The van der Waals surface area contributed by atoms with Crippen LogP contribution in [0.4, 0.5) is 0 Å². The monoisotopic (exact) mass is 368 g/mol. The van der Waals surface area contributed by atoms with Gasteiger partial charge in [-0.15, -0.1) is 0 Å². The molecule has 4 rings (SSSR count). The highest BCUT2D eigenvalue weighted by atomic mass is 16.5. The third kappa shape index (κ3) is 3.58. The molecule has 0 radical (unpaired) electrons. The predicted molar refractivity (Wildman–Crippen MR) is 105 cm³/mol. The molecule has 1 N–H and O–H groups in total. The van der Waals surface area contributed by atoms with Gasteiger partial charge in [0.1, 0.15) is 28.6 Å². The number of aromatic hydroxyl groups is 1. The Hall–Kier alpha value is -2.36. The van der Waals surface area contributed by atoms with Crippen molar-refractivity contribution in [2.45, 2.75) is 58.0 Å². The Kier molecular flexibility index (Phi) is 4.67. The normalized spacial score (nSPS) is 20.0. The molecule has 144 valence electrons. The number of fused-ring (bicyclic) bond motifs is 3. The Balaban J connectivity index is 1.56. The lowest BCUT2D eigenvalue weighted by molar-refractivity contribution is 0.0826. The fourth-order valence-corrected chi connectivity index (χ4v) is 3.99. The van der Waals surface area contributed by atoms with Crippen LogP contribution < -0.4 is 14.2 Å². The second-order valence-electron chi connectivity index (χ2n) is 8.17. The fourth-order valence-electron chi connectivity index (χ4n) is 3.99. The molecule has 0 spiro atoms. The number of hydrogen-bond donors (Lipinski definition) is 1. The van der Waals surface area contributed by atoms with E-state index < -0.39 is 0 Å². The first kappa shape index (κ1) is 18.0. The van der Waals surface area contributed by atoms with E-state index in [1.807, 2.05) is 12.1 Å². The van der Waals surface area contributed by atoms with Crippen molar-refractivity contribution in [2.24, 2.45) is 0 Å². The molecule has 2 heterocycles.